The maximum Gasteiger partial charge on any atom is 0.338 e. The van der Waals surface area contributed by atoms with Crippen molar-refractivity contribution in [3.8, 4) is 0 Å². The van der Waals surface area contributed by atoms with E-state index in [2.05, 4.69) is 10.4 Å². The molecule has 26 heavy (non-hydrogen) atoms. The Bertz CT molecular complexity index is 777. The van der Waals surface area contributed by atoms with Gasteiger partial charge in [-0.25, -0.2) is 9.59 Å². The molecule has 1 N–H and O–H groups in total. The van der Waals surface area contributed by atoms with Crippen molar-refractivity contribution in [2.24, 2.45) is 0 Å². The van der Waals surface area contributed by atoms with E-state index < -0.39 is 11.9 Å². The van der Waals surface area contributed by atoms with Gasteiger partial charge < -0.3 is 14.8 Å². The molecule has 1 amide bonds. The second kappa shape index (κ2) is 8.80. The number of ether oxygens (including phenoxy) is 2. The molecule has 0 aliphatic heterocycles. The fourth-order valence-corrected chi connectivity index (χ4v) is 2.27. The molecule has 0 fully saturated rings. The SMILES string of the molecule is CCOC(=O)c1cc(NC(=O)Cn2cc(C)cn2)cc(C(=O)OCC)c1. The Morgan fingerprint density at radius 1 is 1.04 bits per heavy atom. The first-order chi connectivity index (χ1) is 12.4. The molecule has 0 spiro atoms. The van der Waals surface area contributed by atoms with Crippen LogP contribution in [0, 0.1) is 6.92 Å². The molecular weight excluding hydrogens is 338 g/mol. The van der Waals surface area contributed by atoms with Gasteiger partial charge in [0, 0.05) is 11.9 Å². The molecule has 0 atom stereocenters. The standard InChI is InChI=1S/C18H21N3O5/c1-4-25-17(23)13-6-14(18(24)26-5-2)8-15(7-13)20-16(22)11-21-10-12(3)9-19-21/h6-10H,4-5,11H2,1-3H3,(H,20,22). The van der Waals surface area contributed by atoms with E-state index in [4.69, 9.17) is 9.47 Å². The molecule has 138 valence electrons. The summed E-state index contributed by atoms with van der Waals surface area (Å²) in [5.74, 6) is -1.52. The number of carbonyl (C=O) groups excluding carboxylic acids is 3. The first kappa shape index (κ1) is 19.2. The van der Waals surface area contributed by atoms with Crippen molar-refractivity contribution < 1.29 is 23.9 Å². The molecule has 1 aromatic heterocycles. The van der Waals surface area contributed by atoms with Crippen LogP contribution >= 0.6 is 0 Å². The van der Waals surface area contributed by atoms with E-state index in [-0.39, 0.29) is 36.8 Å². The third-order valence-corrected chi connectivity index (χ3v) is 3.31. The van der Waals surface area contributed by atoms with Gasteiger partial charge in [0.1, 0.15) is 6.54 Å². The predicted molar refractivity (Wildman–Crippen MR) is 93.9 cm³/mol. The summed E-state index contributed by atoms with van der Waals surface area (Å²) < 4.78 is 11.4. The summed E-state index contributed by atoms with van der Waals surface area (Å²) in [4.78, 5) is 36.2. The zero-order valence-electron chi connectivity index (χ0n) is 14.9. The summed E-state index contributed by atoms with van der Waals surface area (Å²) in [5, 5.41) is 6.70. The van der Waals surface area contributed by atoms with Crippen LogP contribution in [-0.2, 0) is 20.8 Å². The number of esters is 2. The van der Waals surface area contributed by atoms with Gasteiger partial charge in [-0.15, -0.1) is 0 Å². The van der Waals surface area contributed by atoms with Crippen molar-refractivity contribution in [3.63, 3.8) is 0 Å². The quantitative estimate of drug-likeness (QED) is 0.761. The lowest BCUT2D eigenvalue weighted by atomic mass is 10.1. The Morgan fingerprint density at radius 2 is 1.62 bits per heavy atom. The van der Waals surface area contributed by atoms with E-state index in [1.54, 1.807) is 26.2 Å². The Hall–Kier alpha value is -3.16. The zero-order valence-corrected chi connectivity index (χ0v) is 14.9. The van der Waals surface area contributed by atoms with E-state index in [0.29, 0.717) is 5.69 Å². The zero-order chi connectivity index (χ0) is 19.1. The molecule has 0 bridgehead atoms. The highest BCUT2D eigenvalue weighted by atomic mass is 16.5. The molecule has 2 rings (SSSR count). The Labute approximate surface area is 151 Å². The molecule has 0 saturated carbocycles. The van der Waals surface area contributed by atoms with Crippen LogP contribution in [0.1, 0.15) is 40.1 Å². The molecule has 1 heterocycles. The number of benzene rings is 1. The summed E-state index contributed by atoms with van der Waals surface area (Å²) >= 11 is 0. The smallest absolute Gasteiger partial charge is 0.338 e. The third-order valence-electron chi connectivity index (χ3n) is 3.31. The normalized spacial score (nSPS) is 10.3. The molecule has 0 radical (unpaired) electrons. The van der Waals surface area contributed by atoms with Gasteiger partial charge >= 0.3 is 11.9 Å². The van der Waals surface area contributed by atoms with Crippen molar-refractivity contribution in [1.29, 1.82) is 0 Å². The molecular formula is C18H21N3O5. The highest BCUT2D eigenvalue weighted by Gasteiger charge is 2.16. The Morgan fingerprint density at radius 3 is 2.08 bits per heavy atom. The summed E-state index contributed by atoms with van der Waals surface area (Å²) in [7, 11) is 0. The second-order valence-corrected chi connectivity index (χ2v) is 5.50. The highest BCUT2D eigenvalue weighted by Crippen LogP contribution is 2.17. The molecule has 0 aliphatic carbocycles. The van der Waals surface area contributed by atoms with Crippen LogP contribution in [0.25, 0.3) is 0 Å². The first-order valence-electron chi connectivity index (χ1n) is 8.21. The molecule has 0 unspecified atom stereocenters. The van der Waals surface area contributed by atoms with Gasteiger partial charge in [-0.1, -0.05) is 0 Å². The monoisotopic (exact) mass is 359 g/mol. The van der Waals surface area contributed by atoms with Crippen LogP contribution in [0.2, 0.25) is 0 Å². The van der Waals surface area contributed by atoms with Gasteiger partial charge in [-0.05, 0) is 44.5 Å². The average Bonchev–Trinajstić information content (AvgIpc) is 2.99. The lowest BCUT2D eigenvalue weighted by Crippen LogP contribution is -2.20. The van der Waals surface area contributed by atoms with Crippen LogP contribution in [0.4, 0.5) is 5.69 Å². The van der Waals surface area contributed by atoms with Crippen LogP contribution in [0.5, 0.6) is 0 Å². The molecule has 8 nitrogen and oxygen atoms in total. The number of aryl methyl sites for hydroxylation is 1. The van der Waals surface area contributed by atoms with Crippen molar-refractivity contribution in [2.45, 2.75) is 27.3 Å². The average molecular weight is 359 g/mol. The highest BCUT2D eigenvalue weighted by molar-refractivity contribution is 5.99. The van der Waals surface area contributed by atoms with Crippen LogP contribution in [0.15, 0.2) is 30.6 Å². The molecule has 8 heteroatoms. The molecule has 0 saturated heterocycles. The third kappa shape index (κ3) is 5.17. The molecule has 2 aromatic rings. The predicted octanol–water partition coefficient (Wildman–Crippen LogP) is 2.18. The van der Waals surface area contributed by atoms with Gasteiger partial charge in [0.25, 0.3) is 0 Å². The number of hydrogen-bond donors (Lipinski definition) is 1. The minimum atomic E-state index is -0.586. The lowest BCUT2D eigenvalue weighted by Gasteiger charge is -2.10. The Balaban J connectivity index is 2.23. The minimum absolute atomic E-state index is 0.00616. The van der Waals surface area contributed by atoms with Gasteiger partial charge in [0.2, 0.25) is 5.91 Å². The van der Waals surface area contributed by atoms with Crippen LogP contribution < -0.4 is 5.32 Å². The molecule has 1 aromatic carbocycles. The maximum absolute atomic E-state index is 12.2. The van der Waals surface area contributed by atoms with Gasteiger partial charge in [0.15, 0.2) is 0 Å². The van der Waals surface area contributed by atoms with Gasteiger partial charge in [-0.2, -0.15) is 5.10 Å². The first-order valence-corrected chi connectivity index (χ1v) is 8.21. The fourth-order valence-electron chi connectivity index (χ4n) is 2.27. The van der Waals surface area contributed by atoms with Gasteiger partial charge in [0.05, 0.1) is 30.5 Å². The van der Waals surface area contributed by atoms with Crippen LogP contribution in [0.3, 0.4) is 0 Å². The van der Waals surface area contributed by atoms with E-state index in [9.17, 15) is 14.4 Å². The summed E-state index contributed by atoms with van der Waals surface area (Å²) in [6.07, 6.45) is 3.38. The van der Waals surface area contributed by atoms with E-state index in [0.717, 1.165) is 5.56 Å². The number of hydrogen-bond acceptors (Lipinski definition) is 6. The lowest BCUT2D eigenvalue weighted by molar-refractivity contribution is -0.116. The van der Waals surface area contributed by atoms with Crippen LogP contribution in [-0.4, -0.2) is 40.8 Å². The maximum atomic E-state index is 12.2. The van der Waals surface area contributed by atoms with Crippen molar-refractivity contribution >= 4 is 23.5 Å². The number of aromatic nitrogens is 2. The topological polar surface area (TPSA) is 99.5 Å². The number of nitrogens with zero attached hydrogens (tertiary/aromatic N) is 2. The fraction of sp³-hybridized carbons (Fsp3) is 0.333. The second-order valence-electron chi connectivity index (χ2n) is 5.50. The van der Waals surface area contributed by atoms with Crippen molar-refractivity contribution in [3.05, 3.63) is 47.3 Å². The summed E-state index contributed by atoms with van der Waals surface area (Å²) in [5.41, 5.74) is 1.55. The minimum Gasteiger partial charge on any atom is -0.462 e. The van der Waals surface area contributed by atoms with Gasteiger partial charge in [-0.3, -0.25) is 9.48 Å². The van der Waals surface area contributed by atoms with E-state index in [1.807, 2.05) is 6.92 Å². The molecule has 0 aliphatic rings. The van der Waals surface area contributed by atoms with E-state index in [1.165, 1.54) is 22.9 Å². The Kier molecular flexibility index (Phi) is 6.48. The van der Waals surface area contributed by atoms with Crippen molar-refractivity contribution in [2.75, 3.05) is 18.5 Å². The van der Waals surface area contributed by atoms with Crippen molar-refractivity contribution in [1.82, 2.24) is 9.78 Å². The largest absolute Gasteiger partial charge is 0.462 e. The number of nitrogens with one attached hydrogen (secondary N) is 1. The number of rotatable bonds is 7. The number of amides is 1. The number of anilines is 1. The summed E-state index contributed by atoms with van der Waals surface area (Å²) in [6, 6.07) is 4.28. The summed E-state index contributed by atoms with van der Waals surface area (Å²) in [6.45, 7) is 5.64. The van der Waals surface area contributed by atoms with E-state index >= 15 is 0 Å². The number of carbonyl (C=O) groups is 3.